The molecule has 0 fully saturated rings. The summed E-state index contributed by atoms with van der Waals surface area (Å²) in [5.41, 5.74) is -0.138. The Bertz CT molecular complexity index is 334. The number of methoxy groups -OCH3 is 1. The Kier molecular flexibility index (Phi) is 7.89. The van der Waals surface area contributed by atoms with Crippen molar-refractivity contribution in [1.82, 2.24) is 0 Å². The number of ether oxygens (including phenoxy) is 2. The van der Waals surface area contributed by atoms with Gasteiger partial charge in [-0.3, -0.25) is 0 Å². The normalized spacial score (nSPS) is 13.2. The molecule has 0 radical (unpaired) electrons. The highest BCUT2D eigenvalue weighted by Crippen LogP contribution is 2.30. The van der Waals surface area contributed by atoms with E-state index in [2.05, 4.69) is 45.8 Å². The zero-order valence-electron chi connectivity index (χ0n) is 14.2. The molecule has 118 valence electrons. The van der Waals surface area contributed by atoms with Crippen LogP contribution in [0.25, 0.3) is 0 Å². The van der Waals surface area contributed by atoms with Crippen LogP contribution in [0.3, 0.4) is 0 Å². The molecule has 0 spiro atoms. The summed E-state index contributed by atoms with van der Waals surface area (Å²) < 4.78 is 11.6. The van der Waals surface area contributed by atoms with Gasteiger partial charge < -0.3 is 9.47 Å². The summed E-state index contributed by atoms with van der Waals surface area (Å²) >= 11 is 0. The van der Waals surface area contributed by atoms with Crippen LogP contribution >= 0.6 is 0 Å². The number of isocyanates is 1. The minimum absolute atomic E-state index is 0.0955. The minimum Gasteiger partial charge on any atom is -0.379 e. The maximum Gasteiger partial charge on any atom is 0.234 e. The van der Waals surface area contributed by atoms with Crippen LogP contribution < -0.4 is 0 Å². The molecular weight excluding hydrogens is 270 g/mol. The number of nitrogens with zero attached hydrogens (tertiary/aromatic N) is 1. The van der Waals surface area contributed by atoms with Crippen LogP contribution in [-0.4, -0.2) is 45.2 Å². The lowest BCUT2D eigenvalue weighted by Crippen LogP contribution is -2.52. The Morgan fingerprint density at radius 3 is 2.30 bits per heavy atom. The fourth-order valence-electron chi connectivity index (χ4n) is 1.80. The van der Waals surface area contributed by atoms with Crippen molar-refractivity contribution in [3.05, 3.63) is 0 Å². The summed E-state index contributed by atoms with van der Waals surface area (Å²) in [7, 11) is 0.193. The molecule has 0 aromatic carbocycles. The van der Waals surface area contributed by atoms with Crippen molar-refractivity contribution < 1.29 is 14.3 Å². The van der Waals surface area contributed by atoms with Crippen molar-refractivity contribution in [3.63, 3.8) is 0 Å². The SMILES string of the molecule is COC(C)(C)CCOC(C)(C)[Si](C)(C)CCCN=C=O. The molecule has 20 heavy (non-hydrogen) atoms. The Balaban J connectivity index is 4.34. The lowest BCUT2D eigenvalue weighted by atomic mass is 10.1. The zero-order valence-corrected chi connectivity index (χ0v) is 15.2. The van der Waals surface area contributed by atoms with Gasteiger partial charge in [-0.25, -0.2) is 9.79 Å². The molecule has 0 aromatic rings. The summed E-state index contributed by atoms with van der Waals surface area (Å²) in [5, 5.41) is -0.0955. The van der Waals surface area contributed by atoms with E-state index in [4.69, 9.17) is 9.47 Å². The van der Waals surface area contributed by atoms with Gasteiger partial charge >= 0.3 is 0 Å². The van der Waals surface area contributed by atoms with Gasteiger partial charge in [0.1, 0.15) is 0 Å². The van der Waals surface area contributed by atoms with Crippen LogP contribution in [-0.2, 0) is 14.3 Å². The molecule has 0 aliphatic rings. The third-order valence-electron chi connectivity index (χ3n) is 4.49. The van der Waals surface area contributed by atoms with Gasteiger partial charge in [0.05, 0.1) is 25.4 Å². The molecule has 0 bridgehead atoms. The van der Waals surface area contributed by atoms with E-state index in [-0.39, 0.29) is 10.8 Å². The summed E-state index contributed by atoms with van der Waals surface area (Å²) in [4.78, 5) is 13.7. The first-order valence-electron chi connectivity index (χ1n) is 7.31. The first-order chi connectivity index (χ1) is 9.08. The molecule has 0 aliphatic heterocycles. The number of carbonyl (C=O) groups excluding carboxylic acids is 1. The second-order valence-corrected chi connectivity index (χ2v) is 12.5. The van der Waals surface area contributed by atoms with Crippen LogP contribution in [0.15, 0.2) is 4.99 Å². The summed E-state index contributed by atoms with van der Waals surface area (Å²) in [6.45, 7) is 14.5. The van der Waals surface area contributed by atoms with Crippen molar-refractivity contribution in [3.8, 4) is 0 Å². The van der Waals surface area contributed by atoms with Gasteiger partial charge in [0.2, 0.25) is 6.08 Å². The average molecular weight is 302 g/mol. The van der Waals surface area contributed by atoms with Crippen molar-refractivity contribution >= 4 is 14.2 Å². The highest BCUT2D eigenvalue weighted by Gasteiger charge is 2.39. The van der Waals surface area contributed by atoms with Crippen LogP contribution in [0.1, 0.15) is 40.5 Å². The first-order valence-corrected chi connectivity index (χ1v) is 10.5. The predicted octanol–water partition coefficient (Wildman–Crippen LogP) is 3.57. The molecule has 0 rings (SSSR count). The molecule has 0 unspecified atom stereocenters. The molecule has 0 aromatic heterocycles. The maximum atomic E-state index is 10.1. The van der Waals surface area contributed by atoms with Crippen molar-refractivity contribution in [2.45, 2.75) is 70.5 Å². The fraction of sp³-hybridized carbons (Fsp3) is 0.933. The Labute approximate surface area is 125 Å². The molecule has 4 nitrogen and oxygen atoms in total. The predicted molar refractivity (Wildman–Crippen MR) is 85.6 cm³/mol. The molecule has 0 saturated heterocycles. The fourth-order valence-corrected chi connectivity index (χ4v) is 3.93. The van der Waals surface area contributed by atoms with Gasteiger partial charge in [-0.2, -0.15) is 0 Å². The van der Waals surface area contributed by atoms with Crippen LogP contribution in [0.5, 0.6) is 0 Å². The Morgan fingerprint density at radius 2 is 1.80 bits per heavy atom. The van der Waals surface area contributed by atoms with Crippen molar-refractivity contribution in [2.24, 2.45) is 4.99 Å². The second-order valence-electron chi connectivity index (χ2n) is 7.03. The molecule has 0 atom stereocenters. The molecule has 0 amide bonds. The number of rotatable bonds is 10. The maximum absolute atomic E-state index is 10.1. The van der Waals surface area contributed by atoms with E-state index in [9.17, 15) is 4.79 Å². The van der Waals surface area contributed by atoms with Gasteiger partial charge in [-0.1, -0.05) is 19.1 Å². The number of hydrogen-bond acceptors (Lipinski definition) is 4. The van der Waals surface area contributed by atoms with Gasteiger partial charge in [0.25, 0.3) is 0 Å². The zero-order chi connectivity index (χ0) is 15.9. The monoisotopic (exact) mass is 301 g/mol. The van der Waals surface area contributed by atoms with Gasteiger partial charge in [-0.15, -0.1) is 0 Å². The van der Waals surface area contributed by atoms with Crippen molar-refractivity contribution in [1.29, 1.82) is 0 Å². The average Bonchev–Trinajstić information content (AvgIpc) is 2.34. The van der Waals surface area contributed by atoms with Gasteiger partial charge in [0.15, 0.2) is 0 Å². The first kappa shape index (κ1) is 19.5. The topological polar surface area (TPSA) is 47.9 Å². The highest BCUT2D eigenvalue weighted by atomic mass is 28.3. The van der Waals surface area contributed by atoms with E-state index in [0.717, 1.165) is 18.9 Å². The van der Waals surface area contributed by atoms with Crippen molar-refractivity contribution in [2.75, 3.05) is 20.3 Å². The molecule has 0 saturated carbocycles. The van der Waals surface area contributed by atoms with Crippen LogP contribution in [0, 0.1) is 0 Å². The third-order valence-corrected chi connectivity index (χ3v) is 9.49. The van der Waals surface area contributed by atoms with E-state index < -0.39 is 8.07 Å². The summed E-state index contributed by atoms with van der Waals surface area (Å²) in [6, 6.07) is 1.10. The van der Waals surface area contributed by atoms with E-state index in [1.54, 1.807) is 13.2 Å². The number of hydrogen-bond donors (Lipinski definition) is 0. The lowest BCUT2D eigenvalue weighted by molar-refractivity contribution is -0.0330. The summed E-state index contributed by atoms with van der Waals surface area (Å²) in [5.74, 6) is 0. The third kappa shape index (κ3) is 6.80. The van der Waals surface area contributed by atoms with Crippen LogP contribution in [0.2, 0.25) is 19.1 Å². The van der Waals surface area contributed by atoms with E-state index in [1.807, 2.05) is 0 Å². The van der Waals surface area contributed by atoms with E-state index in [0.29, 0.717) is 13.2 Å². The quantitative estimate of drug-likeness (QED) is 0.268. The molecular formula is C15H31NO3Si. The molecule has 5 heteroatoms. The van der Waals surface area contributed by atoms with Crippen LogP contribution in [0.4, 0.5) is 0 Å². The van der Waals surface area contributed by atoms with E-state index in [1.165, 1.54) is 0 Å². The van der Waals surface area contributed by atoms with Gasteiger partial charge in [-0.05, 0) is 40.5 Å². The second kappa shape index (κ2) is 8.08. The smallest absolute Gasteiger partial charge is 0.234 e. The molecule has 0 heterocycles. The largest absolute Gasteiger partial charge is 0.379 e. The highest BCUT2D eigenvalue weighted by molar-refractivity contribution is 6.80. The Morgan fingerprint density at radius 1 is 1.20 bits per heavy atom. The molecule has 0 aliphatic carbocycles. The molecule has 0 N–H and O–H groups in total. The Hall–Kier alpha value is -0.483. The summed E-state index contributed by atoms with van der Waals surface area (Å²) in [6.07, 6.45) is 3.41. The number of aliphatic imine (C=N–C) groups is 1. The lowest BCUT2D eigenvalue weighted by Gasteiger charge is -2.40. The van der Waals surface area contributed by atoms with E-state index >= 15 is 0 Å². The minimum atomic E-state index is -1.54. The van der Waals surface area contributed by atoms with Gasteiger partial charge in [0, 0.05) is 13.7 Å². The standard InChI is InChI=1S/C15H31NO3Si/c1-14(2,18-5)9-11-19-15(3,4)20(6,7)12-8-10-16-13-17/h8-12H2,1-7H3.